The van der Waals surface area contributed by atoms with Crippen molar-refractivity contribution < 1.29 is 0 Å². The number of hydrogen-bond donors (Lipinski definition) is 2. The van der Waals surface area contributed by atoms with E-state index in [1.54, 1.807) is 6.08 Å². The van der Waals surface area contributed by atoms with Crippen LogP contribution < -0.4 is 0 Å². The van der Waals surface area contributed by atoms with Crippen molar-refractivity contribution in [1.82, 2.24) is 9.97 Å². The van der Waals surface area contributed by atoms with Crippen molar-refractivity contribution in [1.29, 1.82) is 0 Å². The monoisotopic (exact) mass is 248 g/mol. The van der Waals surface area contributed by atoms with Gasteiger partial charge in [-0.1, -0.05) is 37.5 Å². The SMILES string of the molecule is C=CC=Cc1c[nH]c2cc3[nH]c(C)c(C=C)c3cc12. The smallest absolute Gasteiger partial charge is 0.0483 e. The number of aromatic nitrogens is 2. The van der Waals surface area contributed by atoms with Crippen LogP contribution in [0.1, 0.15) is 16.8 Å². The number of fused-ring (bicyclic) bond motifs is 2. The van der Waals surface area contributed by atoms with E-state index in [-0.39, 0.29) is 0 Å². The molecule has 0 radical (unpaired) electrons. The summed E-state index contributed by atoms with van der Waals surface area (Å²) in [4.78, 5) is 6.70. The number of aromatic amines is 2. The Morgan fingerprint density at radius 1 is 1.11 bits per heavy atom. The molecule has 0 saturated heterocycles. The van der Waals surface area contributed by atoms with Gasteiger partial charge in [-0.2, -0.15) is 0 Å². The highest BCUT2D eigenvalue weighted by Crippen LogP contribution is 2.29. The Morgan fingerprint density at radius 3 is 2.68 bits per heavy atom. The van der Waals surface area contributed by atoms with E-state index in [1.807, 2.05) is 18.3 Å². The summed E-state index contributed by atoms with van der Waals surface area (Å²) in [7, 11) is 0. The molecular formula is C17H16N2. The first-order valence-corrected chi connectivity index (χ1v) is 6.29. The molecule has 2 aromatic heterocycles. The van der Waals surface area contributed by atoms with Crippen LogP contribution in [-0.4, -0.2) is 9.97 Å². The molecule has 3 rings (SSSR count). The first-order chi connectivity index (χ1) is 9.24. The number of rotatable bonds is 3. The summed E-state index contributed by atoms with van der Waals surface area (Å²) in [5.74, 6) is 0. The van der Waals surface area contributed by atoms with E-state index in [9.17, 15) is 0 Å². The number of aryl methyl sites for hydroxylation is 1. The van der Waals surface area contributed by atoms with Gasteiger partial charge in [0.2, 0.25) is 0 Å². The fraction of sp³-hybridized carbons (Fsp3) is 0.0588. The zero-order valence-corrected chi connectivity index (χ0v) is 11.0. The third-order valence-corrected chi connectivity index (χ3v) is 3.48. The van der Waals surface area contributed by atoms with Crippen LogP contribution in [0.25, 0.3) is 34.0 Å². The lowest BCUT2D eigenvalue weighted by Crippen LogP contribution is -1.74. The normalized spacial score (nSPS) is 11.6. The summed E-state index contributed by atoms with van der Waals surface area (Å²) in [5, 5.41) is 2.43. The minimum absolute atomic E-state index is 1.13. The molecule has 2 heteroatoms. The summed E-state index contributed by atoms with van der Waals surface area (Å²) < 4.78 is 0. The predicted octanol–water partition coefficient (Wildman–Crippen LogP) is 4.80. The average Bonchev–Trinajstić information content (AvgIpc) is 2.93. The van der Waals surface area contributed by atoms with Gasteiger partial charge in [0.1, 0.15) is 0 Å². The maximum Gasteiger partial charge on any atom is 0.0483 e. The first-order valence-electron chi connectivity index (χ1n) is 6.29. The van der Waals surface area contributed by atoms with Crippen molar-refractivity contribution >= 4 is 34.0 Å². The zero-order chi connectivity index (χ0) is 13.4. The Morgan fingerprint density at radius 2 is 1.95 bits per heavy atom. The molecule has 0 atom stereocenters. The van der Waals surface area contributed by atoms with Gasteiger partial charge >= 0.3 is 0 Å². The molecule has 2 nitrogen and oxygen atoms in total. The molecular weight excluding hydrogens is 232 g/mol. The minimum Gasteiger partial charge on any atom is -0.361 e. The quantitative estimate of drug-likeness (QED) is 0.624. The molecule has 2 heterocycles. The number of nitrogens with one attached hydrogen (secondary N) is 2. The van der Waals surface area contributed by atoms with Crippen LogP contribution in [0, 0.1) is 6.92 Å². The van der Waals surface area contributed by atoms with E-state index in [0.717, 1.165) is 16.7 Å². The fourth-order valence-corrected chi connectivity index (χ4v) is 2.56. The van der Waals surface area contributed by atoms with Crippen molar-refractivity contribution in [2.45, 2.75) is 6.92 Å². The van der Waals surface area contributed by atoms with Crippen LogP contribution in [0.5, 0.6) is 0 Å². The molecule has 0 saturated carbocycles. The van der Waals surface area contributed by atoms with Crippen molar-refractivity contribution in [2.75, 3.05) is 0 Å². The highest BCUT2D eigenvalue weighted by Gasteiger charge is 2.09. The lowest BCUT2D eigenvalue weighted by atomic mass is 10.1. The Hall–Kier alpha value is -2.48. The van der Waals surface area contributed by atoms with Gasteiger partial charge in [0.05, 0.1) is 0 Å². The van der Waals surface area contributed by atoms with Crippen LogP contribution in [0.2, 0.25) is 0 Å². The van der Waals surface area contributed by atoms with Crippen LogP contribution in [0.15, 0.2) is 43.6 Å². The molecule has 2 N–H and O–H groups in total. The van der Waals surface area contributed by atoms with Gasteiger partial charge in [-0.25, -0.2) is 0 Å². The highest BCUT2D eigenvalue weighted by atomic mass is 14.7. The largest absolute Gasteiger partial charge is 0.361 e. The van der Waals surface area contributed by atoms with Crippen molar-refractivity contribution in [3.63, 3.8) is 0 Å². The molecule has 0 aliphatic rings. The molecule has 1 aromatic carbocycles. The van der Waals surface area contributed by atoms with Crippen LogP contribution in [0.3, 0.4) is 0 Å². The molecule has 0 unspecified atom stereocenters. The van der Waals surface area contributed by atoms with E-state index < -0.39 is 0 Å². The van der Waals surface area contributed by atoms with E-state index >= 15 is 0 Å². The standard InChI is InChI=1S/C17H16N2/c1-4-6-7-12-10-18-16-9-17-15(8-14(12)16)13(5-2)11(3)19-17/h4-10,18-19H,1-2H2,3H3. The molecule has 19 heavy (non-hydrogen) atoms. The second-order valence-corrected chi connectivity index (χ2v) is 4.65. The van der Waals surface area contributed by atoms with Gasteiger partial charge in [-0.3, -0.25) is 0 Å². The van der Waals surface area contributed by atoms with Gasteiger partial charge in [-0.15, -0.1) is 0 Å². The van der Waals surface area contributed by atoms with Gasteiger partial charge in [-0.05, 0) is 24.6 Å². The van der Waals surface area contributed by atoms with Crippen LogP contribution in [0.4, 0.5) is 0 Å². The van der Waals surface area contributed by atoms with Crippen molar-refractivity contribution in [3.8, 4) is 0 Å². The summed E-state index contributed by atoms with van der Waals surface area (Å²) in [5.41, 5.74) is 5.78. The number of hydrogen-bond acceptors (Lipinski definition) is 0. The number of benzene rings is 1. The Kier molecular flexibility index (Phi) is 2.64. The maximum atomic E-state index is 3.90. The van der Waals surface area contributed by atoms with E-state index in [2.05, 4.69) is 48.3 Å². The molecule has 0 aliphatic carbocycles. The molecule has 0 fully saturated rings. The third kappa shape index (κ3) is 1.73. The summed E-state index contributed by atoms with van der Waals surface area (Å²) in [6.07, 6.45) is 9.72. The summed E-state index contributed by atoms with van der Waals surface area (Å²) in [6, 6.07) is 4.36. The Balaban J connectivity index is 2.35. The lowest BCUT2D eigenvalue weighted by molar-refractivity contribution is 1.29. The summed E-state index contributed by atoms with van der Waals surface area (Å²) >= 11 is 0. The molecule has 0 amide bonds. The molecule has 0 spiro atoms. The second-order valence-electron chi connectivity index (χ2n) is 4.65. The van der Waals surface area contributed by atoms with Crippen molar-refractivity contribution in [2.24, 2.45) is 0 Å². The van der Waals surface area contributed by atoms with Gasteiger partial charge < -0.3 is 9.97 Å². The van der Waals surface area contributed by atoms with E-state index in [4.69, 9.17) is 0 Å². The lowest BCUT2D eigenvalue weighted by Gasteiger charge is -1.96. The van der Waals surface area contributed by atoms with Crippen molar-refractivity contribution in [3.05, 3.63) is 60.5 Å². The zero-order valence-electron chi connectivity index (χ0n) is 11.0. The maximum absolute atomic E-state index is 3.90. The number of allylic oxidation sites excluding steroid dienone is 2. The fourth-order valence-electron chi connectivity index (χ4n) is 2.56. The molecule has 0 bridgehead atoms. The number of H-pyrrole nitrogens is 2. The first kappa shape index (κ1) is 11.6. The predicted molar refractivity (Wildman–Crippen MR) is 84.2 cm³/mol. The topological polar surface area (TPSA) is 31.6 Å². The van der Waals surface area contributed by atoms with Gasteiger partial charge in [0.25, 0.3) is 0 Å². The Labute approximate surface area is 112 Å². The minimum atomic E-state index is 1.13. The summed E-state index contributed by atoms with van der Waals surface area (Å²) in [6.45, 7) is 9.68. The van der Waals surface area contributed by atoms with Crippen LogP contribution >= 0.6 is 0 Å². The van der Waals surface area contributed by atoms with Gasteiger partial charge in [0.15, 0.2) is 0 Å². The average molecular weight is 248 g/mol. The Bertz CT molecular complexity index is 813. The van der Waals surface area contributed by atoms with Gasteiger partial charge in [0, 0.05) is 39.3 Å². The van der Waals surface area contributed by atoms with Crippen LogP contribution in [-0.2, 0) is 0 Å². The molecule has 3 aromatic rings. The molecule has 94 valence electrons. The van der Waals surface area contributed by atoms with E-state index in [0.29, 0.717) is 0 Å². The second kappa shape index (κ2) is 4.32. The third-order valence-electron chi connectivity index (χ3n) is 3.48. The molecule has 0 aliphatic heterocycles. The van der Waals surface area contributed by atoms with E-state index in [1.165, 1.54) is 21.9 Å². The highest BCUT2D eigenvalue weighted by molar-refractivity contribution is 6.03.